The van der Waals surface area contributed by atoms with Crippen molar-refractivity contribution in [3.8, 4) is 50.4 Å². The Hall–Kier alpha value is -15.2. The van der Waals surface area contributed by atoms with E-state index in [9.17, 15) is 0 Å². The number of nitrogens with zero attached hydrogens (tertiary/aromatic N) is 3. The summed E-state index contributed by atoms with van der Waals surface area (Å²) in [6, 6.07) is 145. The van der Waals surface area contributed by atoms with Crippen LogP contribution < -0.4 is 0 Å². The summed E-state index contributed by atoms with van der Waals surface area (Å²) in [5.41, 5.74) is 27.6. The molecule has 1 N–H and O–H groups in total. The Labute approximate surface area is 728 Å². The van der Waals surface area contributed by atoms with Crippen molar-refractivity contribution in [1.29, 1.82) is 0 Å². The first kappa shape index (κ1) is 69.4. The Morgan fingerprint density at radius 1 is 0.224 bits per heavy atom. The second-order valence-corrected chi connectivity index (χ2v) is 37.1. The van der Waals surface area contributed by atoms with Gasteiger partial charge < -0.3 is 18.7 Å². The molecule has 7 heterocycles. The monoisotopic (exact) mass is 1640 g/mol. The minimum atomic E-state index is 1.01. The fourth-order valence-corrected chi connectivity index (χ4v) is 26.0. The molecule has 0 saturated carbocycles. The van der Waals surface area contributed by atoms with E-state index in [-0.39, 0.29) is 0 Å². The highest BCUT2D eigenvalue weighted by Crippen LogP contribution is 2.56. The molecule has 28 aromatic rings. The van der Waals surface area contributed by atoms with Gasteiger partial charge in [-0.3, -0.25) is 0 Å². The first-order chi connectivity index (χ1) is 62.0. The number of thiophene rings is 3. The van der Waals surface area contributed by atoms with E-state index in [0.717, 1.165) is 12.8 Å². The number of nitrogens with one attached hydrogen (secondary N) is 1. The Morgan fingerprint density at radius 2 is 0.656 bits per heavy atom. The minimum absolute atomic E-state index is 1.01. The number of aromatic nitrogens is 4. The number of para-hydroxylation sites is 5. The van der Waals surface area contributed by atoms with Crippen LogP contribution in [0.5, 0.6) is 0 Å². The highest BCUT2D eigenvalue weighted by molar-refractivity contribution is 7.27. The Kier molecular flexibility index (Phi) is 14.8. The van der Waals surface area contributed by atoms with Crippen molar-refractivity contribution in [3.05, 3.63) is 417 Å². The molecule has 0 spiro atoms. The van der Waals surface area contributed by atoms with Crippen LogP contribution in [0, 0.1) is 0 Å². The molecule has 0 fully saturated rings. The number of hydrogen-bond donors (Lipinski definition) is 1. The number of benzene rings is 21. The molecule has 30 rings (SSSR count). The normalized spacial score (nSPS) is 12.6. The Bertz CT molecular complexity index is 9570. The third-order valence-corrected chi connectivity index (χ3v) is 31.0. The van der Waals surface area contributed by atoms with E-state index in [1.165, 1.54) is 274 Å². The van der Waals surface area contributed by atoms with Gasteiger partial charge in [-0.2, -0.15) is 0 Å². The molecule has 0 amide bonds. The van der Waals surface area contributed by atoms with Crippen LogP contribution in [-0.2, 0) is 12.8 Å². The quantitative estimate of drug-likeness (QED) is 0.182. The second-order valence-electron chi connectivity index (χ2n) is 34.0. The van der Waals surface area contributed by atoms with Crippen molar-refractivity contribution in [1.82, 2.24) is 18.7 Å². The molecule has 0 radical (unpaired) electrons. The van der Waals surface area contributed by atoms with Gasteiger partial charge in [0.2, 0.25) is 0 Å². The second kappa shape index (κ2) is 26.6. The van der Waals surface area contributed by atoms with Gasteiger partial charge >= 0.3 is 0 Å². The van der Waals surface area contributed by atoms with Crippen LogP contribution in [0.3, 0.4) is 0 Å². The van der Waals surface area contributed by atoms with Crippen molar-refractivity contribution >= 4 is 236 Å². The van der Waals surface area contributed by atoms with E-state index in [0.29, 0.717) is 0 Å². The van der Waals surface area contributed by atoms with Gasteiger partial charge in [0.1, 0.15) is 0 Å². The van der Waals surface area contributed by atoms with Gasteiger partial charge in [-0.15, -0.1) is 34.0 Å². The van der Waals surface area contributed by atoms with Crippen LogP contribution in [-0.4, -0.2) is 18.7 Å². The number of aromatic amines is 1. The van der Waals surface area contributed by atoms with Gasteiger partial charge in [0.05, 0.1) is 49.0 Å². The van der Waals surface area contributed by atoms with Crippen LogP contribution in [0.25, 0.3) is 252 Å². The lowest BCUT2D eigenvalue weighted by atomic mass is 9.94. The van der Waals surface area contributed by atoms with E-state index < -0.39 is 0 Å². The molecule has 0 unspecified atom stereocenters. The summed E-state index contributed by atoms with van der Waals surface area (Å²) in [7, 11) is 0. The molecule has 580 valence electrons. The lowest BCUT2D eigenvalue weighted by Gasteiger charge is -2.11. The largest absolute Gasteiger partial charge is 0.353 e. The van der Waals surface area contributed by atoms with Crippen molar-refractivity contribution < 1.29 is 0 Å². The molecule has 0 saturated heterocycles. The minimum Gasteiger partial charge on any atom is -0.353 e. The molecule has 7 aromatic heterocycles. The molecule has 7 heteroatoms. The zero-order valence-corrected chi connectivity index (χ0v) is 70.0. The van der Waals surface area contributed by atoms with E-state index in [2.05, 4.69) is 413 Å². The summed E-state index contributed by atoms with van der Waals surface area (Å²) >= 11 is 5.83. The van der Waals surface area contributed by atoms with Crippen LogP contribution >= 0.6 is 34.0 Å². The molecule has 21 aromatic carbocycles. The summed E-state index contributed by atoms with van der Waals surface area (Å²) < 4.78 is 15.5. The molecule has 0 bridgehead atoms. The standard InChI is InChI=1S/C44H26N2S.C39H23NS.C35H21NS/c1-2-10-26(11-3-1)29-19-21-32-35(23-29)41-33-15-6-8-16-37(33)45-43(41)44-42(32)36-24-34-31-14-7-9-17-38(31)46(39(34)25-40(36)47-44)30-20-18-27-12-4-5-13-28(27)22-30;1-3-13-25-23(10-1)12-9-19-33(25)40-34-18-8-7-16-28(34)30-21-32-36(22-35(30)40)41-39-37-26-14-4-2-11-24(26)20-31(37)27-15-5-6-17-29(27)38(32)39;1-2-11-22(12-3-1)36-30-17-9-8-15-25(30)27-19-29-32(20-31(27)36)37-35-33-23-13-5-4-10-21(23)18-28(33)24-14-6-7-16-26(24)34(29)35/h1-25,45H;1-19,21-22H,20H2;1-17,19-20H,18H2. The maximum Gasteiger partial charge on any atom is 0.0653 e. The van der Waals surface area contributed by atoms with E-state index >= 15 is 0 Å². The van der Waals surface area contributed by atoms with Crippen molar-refractivity contribution in [2.24, 2.45) is 0 Å². The zero-order chi connectivity index (χ0) is 81.4. The Morgan fingerprint density at radius 3 is 1.25 bits per heavy atom. The van der Waals surface area contributed by atoms with Crippen LogP contribution in [0.15, 0.2) is 394 Å². The lowest BCUT2D eigenvalue weighted by Crippen LogP contribution is -1.94. The third kappa shape index (κ3) is 10.1. The van der Waals surface area contributed by atoms with Gasteiger partial charge in [0.25, 0.3) is 0 Å². The Balaban J connectivity index is 0.0000000963. The molecule has 2 aliphatic rings. The third-order valence-electron chi connectivity index (χ3n) is 27.5. The van der Waals surface area contributed by atoms with E-state index in [4.69, 9.17) is 0 Å². The molecule has 2 aliphatic carbocycles. The van der Waals surface area contributed by atoms with E-state index in [1.807, 2.05) is 34.0 Å². The molecule has 0 atom stereocenters. The summed E-state index contributed by atoms with van der Waals surface area (Å²) in [6.07, 6.45) is 2.02. The average molecular weight is 1640 g/mol. The molecular weight excluding hydrogens is 1570 g/mol. The predicted molar refractivity (Wildman–Crippen MR) is 540 cm³/mol. The first-order valence-corrected chi connectivity index (χ1v) is 45.6. The molecule has 4 nitrogen and oxygen atoms in total. The van der Waals surface area contributed by atoms with E-state index in [1.54, 1.807) is 0 Å². The average Bonchev–Trinajstić information content (AvgIpc) is 1.55. The maximum absolute atomic E-state index is 3.86. The highest BCUT2D eigenvalue weighted by Gasteiger charge is 2.31. The number of fused-ring (bicyclic) bond motifs is 41. The fraction of sp³-hybridized carbons (Fsp3) is 0.0169. The summed E-state index contributed by atoms with van der Waals surface area (Å²) in [5, 5.41) is 31.8. The van der Waals surface area contributed by atoms with Crippen molar-refractivity contribution in [3.63, 3.8) is 0 Å². The smallest absolute Gasteiger partial charge is 0.0653 e. The maximum atomic E-state index is 3.86. The van der Waals surface area contributed by atoms with Gasteiger partial charge in [-0.25, -0.2) is 0 Å². The van der Waals surface area contributed by atoms with Crippen molar-refractivity contribution in [2.45, 2.75) is 12.8 Å². The molecule has 0 aliphatic heterocycles. The number of H-pyrrole nitrogens is 1. The van der Waals surface area contributed by atoms with Gasteiger partial charge in [-0.1, -0.05) is 297 Å². The van der Waals surface area contributed by atoms with Gasteiger partial charge in [-0.05, 0) is 203 Å². The summed E-state index contributed by atoms with van der Waals surface area (Å²) in [5.74, 6) is 0. The van der Waals surface area contributed by atoms with Crippen LogP contribution in [0.2, 0.25) is 0 Å². The number of hydrogen-bond acceptors (Lipinski definition) is 3. The SMILES string of the molecule is c1ccc(-c2ccc3c(c2)c2c4ccccc4[nH]c2c2sc4cc5c(cc4c32)c2ccccc2n5-c2ccc3ccccc3c2)cc1.c1ccc(-n2c3ccccc3c3cc4c(cc32)sc2c3c(c5ccccc5c24)Cc2ccccc2-3)cc1.c1ccc2c(c1)Cc1c-2c2sc3cc4c(cc3c2c2ccccc12)c1ccccc1n4-c1cccc2ccccc12. The zero-order valence-electron chi connectivity index (χ0n) is 67.5. The summed E-state index contributed by atoms with van der Waals surface area (Å²) in [6.45, 7) is 0. The van der Waals surface area contributed by atoms with Gasteiger partial charge in [0.15, 0.2) is 0 Å². The molecule has 125 heavy (non-hydrogen) atoms. The first-order valence-electron chi connectivity index (χ1n) is 43.2. The summed E-state index contributed by atoms with van der Waals surface area (Å²) in [4.78, 5) is 3.86. The highest BCUT2D eigenvalue weighted by atomic mass is 32.1. The topological polar surface area (TPSA) is 30.6 Å². The molecular formula is C118H70N4S3. The lowest BCUT2D eigenvalue weighted by molar-refractivity contribution is 1.18. The van der Waals surface area contributed by atoms with Crippen molar-refractivity contribution in [2.75, 3.05) is 0 Å². The predicted octanol–water partition coefficient (Wildman–Crippen LogP) is 33.7. The van der Waals surface area contributed by atoms with Crippen LogP contribution in [0.1, 0.15) is 22.3 Å². The number of rotatable bonds is 4. The van der Waals surface area contributed by atoms with Gasteiger partial charge in [0, 0.05) is 132 Å². The van der Waals surface area contributed by atoms with Crippen LogP contribution in [0.4, 0.5) is 0 Å². The fourth-order valence-electron chi connectivity index (χ4n) is 22.1.